The van der Waals surface area contributed by atoms with Crippen molar-refractivity contribution >= 4 is 16.3 Å². The Morgan fingerprint density at radius 1 is 0.741 bits per heavy atom. The molecule has 1 aliphatic heterocycles. The molecule has 8 atom stereocenters. The number of carbonyl (C=O) groups is 1. The first-order valence-corrected chi connectivity index (χ1v) is 22.2. The maximum atomic E-state index is 13.0. The third kappa shape index (κ3) is 24.2. The van der Waals surface area contributed by atoms with Gasteiger partial charge in [0.15, 0.2) is 6.29 Å². The number of carbonyl (C=O) groups excluding carboxylic acids is 1. The van der Waals surface area contributed by atoms with Crippen LogP contribution in [0.3, 0.4) is 0 Å². The second-order valence-electron chi connectivity index (χ2n) is 14.7. The number of hydrogen-bond acceptors (Lipinski definition) is 11. The van der Waals surface area contributed by atoms with Crippen LogP contribution in [0.25, 0.3) is 0 Å². The molecular formula is C40H75NO12S. The smallest absolute Gasteiger partial charge is 0.394 e. The van der Waals surface area contributed by atoms with E-state index in [0.717, 1.165) is 38.5 Å². The largest absolute Gasteiger partial charge is 0.397 e. The van der Waals surface area contributed by atoms with E-state index in [-0.39, 0.29) is 6.42 Å². The molecule has 0 saturated carbocycles. The van der Waals surface area contributed by atoms with Gasteiger partial charge in [-0.3, -0.25) is 9.35 Å². The minimum Gasteiger partial charge on any atom is -0.394 e. The first-order chi connectivity index (χ1) is 25.9. The van der Waals surface area contributed by atoms with E-state index in [4.69, 9.17) is 14.0 Å². The SMILES string of the molecule is CCCCCCCC/C=C\CCCCC(O)C(=O)NC(COC1OC(CO)C(O)C(OS(=O)(=O)O)C1O)C(O)/C=C/CCCCCCCCCCCCC. The molecule has 1 amide bonds. The van der Waals surface area contributed by atoms with Crippen LogP contribution in [0.5, 0.6) is 0 Å². The van der Waals surface area contributed by atoms with Gasteiger partial charge in [0.05, 0.1) is 25.4 Å². The van der Waals surface area contributed by atoms with Gasteiger partial charge in [-0.1, -0.05) is 141 Å². The van der Waals surface area contributed by atoms with Gasteiger partial charge in [0.1, 0.15) is 30.5 Å². The molecular weight excluding hydrogens is 719 g/mol. The van der Waals surface area contributed by atoms with E-state index in [1.807, 2.05) is 6.08 Å². The maximum Gasteiger partial charge on any atom is 0.397 e. The highest BCUT2D eigenvalue weighted by Crippen LogP contribution is 2.26. The second-order valence-corrected chi connectivity index (χ2v) is 15.8. The lowest BCUT2D eigenvalue weighted by atomic mass is 9.99. The second kappa shape index (κ2) is 31.6. The molecule has 1 rings (SSSR count). The fourth-order valence-corrected chi connectivity index (χ4v) is 6.96. The minimum atomic E-state index is -5.11. The van der Waals surface area contributed by atoms with E-state index in [1.165, 1.54) is 96.0 Å². The Morgan fingerprint density at radius 3 is 1.72 bits per heavy atom. The van der Waals surface area contributed by atoms with Crippen molar-refractivity contribution in [3.05, 3.63) is 24.3 Å². The minimum absolute atomic E-state index is 0.213. The van der Waals surface area contributed by atoms with Gasteiger partial charge < -0.3 is 40.3 Å². The molecule has 0 aromatic rings. The van der Waals surface area contributed by atoms with Gasteiger partial charge in [0.2, 0.25) is 5.91 Å². The molecule has 318 valence electrons. The van der Waals surface area contributed by atoms with Gasteiger partial charge in [-0.25, -0.2) is 4.18 Å². The summed E-state index contributed by atoms with van der Waals surface area (Å²) < 4.78 is 47.3. The molecule has 0 aromatic heterocycles. The number of rotatable bonds is 34. The van der Waals surface area contributed by atoms with Crippen LogP contribution in [-0.2, 0) is 28.9 Å². The standard InChI is InChI=1S/C40H75NO12S/c1-3-5-7-9-11-13-15-17-19-20-22-24-26-28-33(43)32(31-51-40-37(46)38(53-54(48,49)50)36(45)35(30-42)52-40)41-39(47)34(44)29-27-25-23-21-18-16-14-12-10-8-6-4-2/h18,21,26,28,32-38,40,42-46H,3-17,19-20,22-25,27,29-31H2,1-2H3,(H,41,47)(H,48,49,50)/b21-18-,28-26+. The van der Waals surface area contributed by atoms with Gasteiger partial charge in [0, 0.05) is 0 Å². The first-order valence-electron chi connectivity index (χ1n) is 20.8. The summed E-state index contributed by atoms with van der Waals surface area (Å²) in [7, 11) is -5.11. The van der Waals surface area contributed by atoms with Gasteiger partial charge in [-0.15, -0.1) is 0 Å². The Bertz CT molecular complexity index is 1090. The quantitative estimate of drug-likeness (QED) is 0.0229. The molecule has 14 heteroatoms. The lowest BCUT2D eigenvalue weighted by Gasteiger charge is -2.41. The number of hydrogen-bond donors (Lipinski definition) is 7. The molecule has 0 bridgehead atoms. The van der Waals surface area contributed by atoms with Crippen LogP contribution in [-0.4, -0.2) is 107 Å². The first kappa shape index (κ1) is 50.6. The molecule has 54 heavy (non-hydrogen) atoms. The lowest BCUT2D eigenvalue weighted by Crippen LogP contribution is -2.61. The van der Waals surface area contributed by atoms with E-state index in [9.17, 15) is 38.7 Å². The number of ether oxygens (including phenoxy) is 2. The molecule has 1 aliphatic rings. The molecule has 1 heterocycles. The zero-order chi connectivity index (χ0) is 40.0. The summed E-state index contributed by atoms with van der Waals surface area (Å²) in [5.74, 6) is -0.721. The van der Waals surface area contributed by atoms with Gasteiger partial charge in [-0.2, -0.15) is 8.42 Å². The Balaban J connectivity index is 2.69. The molecule has 0 aliphatic carbocycles. The van der Waals surface area contributed by atoms with Crippen LogP contribution in [0.15, 0.2) is 24.3 Å². The van der Waals surface area contributed by atoms with Crippen molar-refractivity contribution in [2.75, 3.05) is 13.2 Å². The fraction of sp³-hybridized carbons (Fsp3) is 0.875. The summed E-state index contributed by atoms with van der Waals surface area (Å²) >= 11 is 0. The molecule has 0 spiro atoms. The van der Waals surface area contributed by atoms with Crippen molar-refractivity contribution in [2.45, 2.75) is 210 Å². The van der Waals surface area contributed by atoms with Gasteiger partial charge in [-0.05, 0) is 44.9 Å². The number of amides is 1. The summed E-state index contributed by atoms with van der Waals surface area (Å²) in [5, 5.41) is 54.9. The summed E-state index contributed by atoms with van der Waals surface area (Å²) in [6.07, 6.45) is 21.3. The highest BCUT2D eigenvalue weighted by Gasteiger charge is 2.48. The Labute approximate surface area is 325 Å². The average molecular weight is 794 g/mol. The van der Waals surface area contributed by atoms with Crippen molar-refractivity contribution in [1.29, 1.82) is 0 Å². The van der Waals surface area contributed by atoms with Gasteiger partial charge >= 0.3 is 10.4 Å². The van der Waals surface area contributed by atoms with Crippen molar-refractivity contribution in [2.24, 2.45) is 0 Å². The lowest BCUT2D eigenvalue weighted by molar-refractivity contribution is -0.298. The number of aliphatic hydroxyl groups is 5. The Morgan fingerprint density at radius 2 is 1.22 bits per heavy atom. The van der Waals surface area contributed by atoms with Crippen LogP contribution in [0.1, 0.15) is 162 Å². The highest BCUT2D eigenvalue weighted by atomic mass is 32.3. The van der Waals surface area contributed by atoms with Gasteiger partial charge in [0.25, 0.3) is 0 Å². The number of aliphatic hydroxyl groups excluding tert-OH is 5. The van der Waals surface area contributed by atoms with Crippen molar-refractivity contribution in [1.82, 2.24) is 5.32 Å². The Hall–Kier alpha value is -1.46. The molecule has 1 saturated heterocycles. The molecule has 1 fully saturated rings. The van der Waals surface area contributed by atoms with Crippen LogP contribution < -0.4 is 5.32 Å². The van der Waals surface area contributed by atoms with Crippen molar-refractivity contribution in [3.63, 3.8) is 0 Å². The maximum absolute atomic E-state index is 13.0. The predicted molar refractivity (Wildman–Crippen MR) is 210 cm³/mol. The Kier molecular flexibility index (Phi) is 29.6. The zero-order valence-electron chi connectivity index (χ0n) is 33.1. The topological polar surface area (TPSA) is 212 Å². The zero-order valence-corrected chi connectivity index (χ0v) is 34.0. The van der Waals surface area contributed by atoms with Crippen molar-refractivity contribution in [3.8, 4) is 0 Å². The molecule has 13 nitrogen and oxygen atoms in total. The fourth-order valence-electron chi connectivity index (χ4n) is 6.45. The summed E-state index contributed by atoms with van der Waals surface area (Å²) in [6.45, 7) is 3.16. The summed E-state index contributed by atoms with van der Waals surface area (Å²) in [4.78, 5) is 13.0. The van der Waals surface area contributed by atoms with E-state index in [2.05, 4.69) is 35.5 Å². The number of nitrogens with one attached hydrogen (secondary N) is 1. The molecule has 8 unspecified atom stereocenters. The molecule has 0 aromatic carbocycles. The van der Waals surface area contributed by atoms with E-state index in [1.54, 1.807) is 0 Å². The molecule has 0 radical (unpaired) electrons. The van der Waals surface area contributed by atoms with Crippen molar-refractivity contribution < 1.29 is 57.0 Å². The van der Waals surface area contributed by atoms with Crippen LogP contribution in [0.4, 0.5) is 0 Å². The van der Waals surface area contributed by atoms with Crippen LogP contribution >= 0.6 is 0 Å². The van der Waals surface area contributed by atoms with Crippen LogP contribution in [0, 0.1) is 0 Å². The number of allylic oxidation sites excluding steroid dienone is 3. The van der Waals surface area contributed by atoms with E-state index < -0.39 is 78.5 Å². The van der Waals surface area contributed by atoms with E-state index >= 15 is 0 Å². The number of unbranched alkanes of at least 4 members (excludes halogenated alkanes) is 19. The molecule has 7 N–H and O–H groups in total. The monoisotopic (exact) mass is 794 g/mol. The van der Waals surface area contributed by atoms with Crippen LogP contribution in [0.2, 0.25) is 0 Å². The average Bonchev–Trinajstić information content (AvgIpc) is 3.14. The summed E-state index contributed by atoms with van der Waals surface area (Å²) in [5.41, 5.74) is 0. The third-order valence-corrected chi connectivity index (χ3v) is 10.3. The summed E-state index contributed by atoms with van der Waals surface area (Å²) in [6, 6.07) is -1.12. The third-order valence-electron chi connectivity index (χ3n) is 9.83. The van der Waals surface area contributed by atoms with E-state index in [0.29, 0.717) is 12.8 Å². The predicted octanol–water partition coefficient (Wildman–Crippen LogP) is 5.96. The normalized spacial score (nSPS) is 22.6. The highest BCUT2D eigenvalue weighted by molar-refractivity contribution is 7.80.